The van der Waals surface area contributed by atoms with Gasteiger partial charge in [-0.1, -0.05) is 29.4 Å². The topological polar surface area (TPSA) is 123 Å². The van der Waals surface area contributed by atoms with Gasteiger partial charge in [-0.15, -0.1) is 0 Å². The molecule has 0 saturated carbocycles. The van der Waals surface area contributed by atoms with Gasteiger partial charge in [0.2, 0.25) is 17.7 Å². The Balaban J connectivity index is 1.30. The van der Waals surface area contributed by atoms with Gasteiger partial charge < -0.3 is 25.2 Å². The van der Waals surface area contributed by atoms with Crippen LogP contribution in [0, 0.1) is 13.8 Å². The highest BCUT2D eigenvalue weighted by molar-refractivity contribution is 5.98. The lowest BCUT2D eigenvalue weighted by molar-refractivity contribution is 0.388. The van der Waals surface area contributed by atoms with Crippen LogP contribution in [0.1, 0.15) is 30.1 Å². The molecule has 1 atom stereocenters. The standard InChI is InChI=1S/C29H30N8O2/c1-18-10-11-21-22(7-3-9-24(21)33-17-26-34-19(2)39-37-26)27(18)38-28-23(8-5-14-31-28)25-12-15-32-29(36-25)35-20-6-4-13-30-16-20/h3,5,7-12,14-15,20,30,33H,4,6,13,16-17H2,1-2H3,(H,32,35,36)/t20-/m0/s1. The van der Waals surface area contributed by atoms with Crippen molar-refractivity contribution in [2.45, 2.75) is 39.3 Å². The highest BCUT2D eigenvalue weighted by Crippen LogP contribution is 2.38. The van der Waals surface area contributed by atoms with Crippen molar-refractivity contribution in [3.05, 3.63) is 78.2 Å². The Labute approximate surface area is 226 Å². The van der Waals surface area contributed by atoms with Crippen molar-refractivity contribution in [1.29, 1.82) is 0 Å². The molecule has 0 amide bonds. The van der Waals surface area contributed by atoms with Crippen molar-refractivity contribution in [3.8, 4) is 22.9 Å². The van der Waals surface area contributed by atoms with Crippen LogP contribution in [-0.2, 0) is 6.54 Å². The SMILES string of the molecule is Cc1nc(CNc2cccc3c(Oc4ncccc4-c4ccnc(N[C@H]5CCCNC5)n4)c(C)ccc23)no1. The van der Waals surface area contributed by atoms with Crippen LogP contribution in [0.2, 0.25) is 0 Å². The second-order valence-electron chi connectivity index (χ2n) is 9.61. The highest BCUT2D eigenvalue weighted by Gasteiger charge is 2.17. The van der Waals surface area contributed by atoms with Crippen molar-refractivity contribution in [1.82, 2.24) is 30.4 Å². The summed E-state index contributed by atoms with van der Waals surface area (Å²) in [5.74, 6) is 2.97. The highest BCUT2D eigenvalue weighted by atomic mass is 16.5. The van der Waals surface area contributed by atoms with Crippen LogP contribution < -0.4 is 20.7 Å². The lowest BCUT2D eigenvalue weighted by Crippen LogP contribution is -2.38. The molecule has 3 aromatic heterocycles. The van der Waals surface area contributed by atoms with Gasteiger partial charge in [-0.05, 0) is 56.1 Å². The first-order valence-corrected chi connectivity index (χ1v) is 13.1. The number of aromatic nitrogens is 5. The van der Waals surface area contributed by atoms with E-state index in [0.717, 1.165) is 65.0 Å². The average molecular weight is 523 g/mol. The summed E-state index contributed by atoms with van der Waals surface area (Å²) >= 11 is 0. The number of anilines is 2. The van der Waals surface area contributed by atoms with Crippen LogP contribution in [0.25, 0.3) is 22.0 Å². The lowest BCUT2D eigenvalue weighted by atomic mass is 10.0. The van der Waals surface area contributed by atoms with Gasteiger partial charge in [-0.3, -0.25) is 0 Å². The van der Waals surface area contributed by atoms with E-state index in [1.54, 1.807) is 19.3 Å². The zero-order chi connectivity index (χ0) is 26.6. The average Bonchev–Trinajstić information content (AvgIpc) is 3.39. The van der Waals surface area contributed by atoms with Crippen molar-refractivity contribution in [2.24, 2.45) is 0 Å². The van der Waals surface area contributed by atoms with Crippen molar-refractivity contribution in [2.75, 3.05) is 23.7 Å². The Bertz CT molecular complexity index is 1600. The summed E-state index contributed by atoms with van der Waals surface area (Å²) in [6.07, 6.45) is 5.72. The van der Waals surface area contributed by atoms with E-state index in [0.29, 0.717) is 36.1 Å². The number of benzene rings is 2. The van der Waals surface area contributed by atoms with Gasteiger partial charge in [-0.2, -0.15) is 4.98 Å². The maximum absolute atomic E-state index is 6.55. The molecule has 6 rings (SSSR count). The minimum Gasteiger partial charge on any atom is -0.437 e. The van der Waals surface area contributed by atoms with E-state index >= 15 is 0 Å². The van der Waals surface area contributed by atoms with Crippen LogP contribution in [0.5, 0.6) is 11.6 Å². The number of nitrogens with one attached hydrogen (secondary N) is 3. The number of hydrogen-bond acceptors (Lipinski definition) is 10. The maximum Gasteiger partial charge on any atom is 0.228 e. The van der Waals surface area contributed by atoms with Gasteiger partial charge in [-0.25, -0.2) is 15.0 Å². The fourth-order valence-electron chi connectivity index (χ4n) is 4.82. The molecular formula is C29H30N8O2. The Morgan fingerprint density at radius 1 is 1.00 bits per heavy atom. The molecule has 0 unspecified atom stereocenters. The molecule has 1 fully saturated rings. The summed E-state index contributed by atoms with van der Waals surface area (Å²) in [6, 6.07) is 16.3. The van der Waals surface area contributed by atoms with E-state index in [1.165, 1.54) is 0 Å². The lowest BCUT2D eigenvalue weighted by Gasteiger charge is -2.23. The predicted octanol–water partition coefficient (Wildman–Crippen LogP) is 5.26. The van der Waals surface area contributed by atoms with E-state index in [4.69, 9.17) is 14.2 Å². The summed E-state index contributed by atoms with van der Waals surface area (Å²) in [5, 5.41) is 16.3. The fraction of sp³-hybridized carbons (Fsp3) is 0.276. The molecule has 2 aromatic carbocycles. The second-order valence-corrected chi connectivity index (χ2v) is 9.61. The monoisotopic (exact) mass is 522 g/mol. The Morgan fingerprint density at radius 3 is 2.79 bits per heavy atom. The van der Waals surface area contributed by atoms with Crippen LogP contribution in [-0.4, -0.2) is 44.2 Å². The molecule has 10 heteroatoms. The first kappa shape index (κ1) is 24.7. The number of hydrogen-bond donors (Lipinski definition) is 3. The van der Waals surface area contributed by atoms with Crippen LogP contribution in [0.3, 0.4) is 0 Å². The molecule has 10 nitrogen and oxygen atoms in total. The van der Waals surface area contributed by atoms with E-state index in [9.17, 15) is 0 Å². The molecule has 1 aliphatic heterocycles. The minimum absolute atomic E-state index is 0.309. The van der Waals surface area contributed by atoms with Gasteiger partial charge in [0, 0.05) is 48.4 Å². The van der Waals surface area contributed by atoms with Crippen LogP contribution in [0.4, 0.5) is 11.6 Å². The summed E-state index contributed by atoms with van der Waals surface area (Å²) < 4.78 is 11.6. The second kappa shape index (κ2) is 11.0. The third-order valence-electron chi connectivity index (χ3n) is 6.75. The smallest absolute Gasteiger partial charge is 0.228 e. The van der Waals surface area contributed by atoms with Gasteiger partial charge in [0.25, 0.3) is 0 Å². The first-order valence-electron chi connectivity index (χ1n) is 13.1. The molecule has 5 aromatic rings. The number of aryl methyl sites for hydroxylation is 2. The van der Waals surface area contributed by atoms with Gasteiger partial charge >= 0.3 is 0 Å². The Hall–Kier alpha value is -4.57. The summed E-state index contributed by atoms with van der Waals surface area (Å²) in [7, 11) is 0. The summed E-state index contributed by atoms with van der Waals surface area (Å²) in [4.78, 5) is 18.1. The largest absolute Gasteiger partial charge is 0.437 e. The number of rotatable bonds is 8. The third kappa shape index (κ3) is 5.51. The van der Waals surface area contributed by atoms with Crippen molar-refractivity contribution < 1.29 is 9.26 Å². The number of fused-ring (bicyclic) bond motifs is 1. The molecule has 3 N–H and O–H groups in total. The van der Waals surface area contributed by atoms with E-state index < -0.39 is 0 Å². The summed E-state index contributed by atoms with van der Waals surface area (Å²) in [6.45, 7) is 6.22. The molecule has 1 aliphatic rings. The quantitative estimate of drug-likeness (QED) is 0.249. The van der Waals surface area contributed by atoms with Crippen LogP contribution >= 0.6 is 0 Å². The van der Waals surface area contributed by atoms with E-state index in [2.05, 4.69) is 54.3 Å². The Kier molecular flexibility index (Phi) is 7.01. The normalized spacial score (nSPS) is 15.3. The van der Waals surface area contributed by atoms with Crippen LogP contribution in [0.15, 0.2) is 65.4 Å². The molecule has 39 heavy (non-hydrogen) atoms. The van der Waals surface area contributed by atoms with Gasteiger partial charge in [0.15, 0.2) is 5.82 Å². The molecule has 0 radical (unpaired) electrons. The van der Waals surface area contributed by atoms with Crippen molar-refractivity contribution >= 4 is 22.4 Å². The van der Waals surface area contributed by atoms with E-state index in [-0.39, 0.29) is 0 Å². The van der Waals surface area contributed by atoms with Gasteiger partial charge in [0.05, 0.1) is 17.8 Å². The molecular weight excluding hydrogens is 492 g/mol. The zero-order valence-corrected chi connectivity index (χ0v) is 21.9. The molecule has 4 heterocycles. The fourth-order valence-corrected chi connectivity index (χ4v) is 4.82. The number of piperidine rings is 1. The number of pyridine rings is 1. The molecule has 1 saturated heterocycles. The molecule has 0 spiro atoms. The molecule has 0 bridgehead atoms. The zero-order valence-electron chi connectivity index (χ0n) is 21.9. The number of ether oxygens (including phenoxy) is 1. The van der Waals surface area contributed by atoms with Gasteiger partial charge in [0.1, 0.15) is 5.75 Å². The predicted molar refractivity (Wildman–Crippen MR) is 150 cm³/mol. The maximum atomic E-state index is 6.55. The van der Waals surface area contributed by atoms with E-state index in [1.807, 2.05) is 37.3 Å². The Morgan fingerprint density at radius 2 is 1.95 bits per heavy atom. The summed E-state index contributed by atoms with van der Waals surface area (Å²) in [5.41, 5.74) is 3.49. The first-order chi connectivity index (χ1) is 19.1. The third-order valence-corrected chi connectivity index (χ3v) is 6.75. The molecule has 0 aliphatic carbocycles. The molecule has 198 valence electrons. The minimum atomic E-state index is 0.309. The van der Waals surface area contributed by atoms with Crippen molar-refractivity contribution in [3.63, 3.8) is 0 Å². The number of nitrogens with zero attached hydrogens (tertiary/aromatic N) is 5.